The molecule has 0 heterocycles. The first-order chi connectivity index (χ1) is 8.65. The molecule has 0 aliphatic heterocycles. The van der Waals surface area contributed by atoms with Gasteiger partial charge in [0.05, 0.1) is 0 Å². The number of carbonyl (C=O) groups excluding carboxylic acids is 1. The maximum atomic E-state index is 12.7. The molecule has 1 rings (SSSR count). The average Bonchev–Trinajstić information content (AvgIpc) is 2.37. The topological polar surface area (TPSA) is 49.3 Å². The second-order valence-electron chi connectivity index (χ2n) is 4.01. The Hall–Kier alpha value is -1.68. The van der Waals surface area contributed by atoms with Crippen LogP contribution in [0.2, 0.25) is 0 Å². The van der Waals surface area contributed by atoms with Crippen molar-refractivity contribution in [2.45, 2.75) is 25.8 Å². The summed E-state index contributed by atoms with van der Waals surface area (Å²) in [5.74, 6) is -0.509. The first-order valence-corrected chi connectivity index (χ1v) is 6.00. The van der Waals surface area contributed by atoms with Crippen molar-refractivity contribution < 1.29 is 14.3 Å². The van der Waals surface area contributed by atoms with Crippen LogP contribution in [0.3, 0.4) is 0 Å². The van der Waals surface area contributed by atoms with Crippen molar-refractivity contribution in [1.29, 1.82) is 0 Å². The Kier molecular flexibility index (Phi) is 6.08. The molecule has 0 aromatic heterocycles. The van der Waals surface area contributed by atoms with Gasteiger partial charge in [0.1, 0.15) is 5.82 Å². The number of carbonyl (C=O) groups is 1. The third-order valence-electron chi connectivity index (χ3n) is 2.61. The number of halogens is 1. The number of aliphatic hydroxyl groups is 1. The van der Waals surface area contributed by atoms with Crippen LogP contribution >= 0.6 is 0 Å². The van der Waals surface area contributed by atoms with E-state index in [1.807, 2.05) is 6.92 Å². The van der Waals surface area contributed by atoms with Gasteiger partial charge in [-0.1, -0.05) is 19.1 Å². The van der Waals surface area contributed by atoms with Crippen LogP contribution in [0.5, 0.6) is 0 Å². The molecule has 0 fully saturated rings. The summed E-state index contributed by atoms with van der Waals surface area (Å²) in [7, 11) is 0. The number of benzene rings is 1. The van der Waals surface area contributed by atoms with Crippen LogP contribution in [0, 0.1) is 5.82 Å². The molecule has 0 bridgehead atoms. The smallest absolute Gasteiger partial charge is 0.244 e. The van der Waals surface area contributed by atoms with Crippen LogP contribution in [0.25, 0.3) is 6.08 Å². The van der Waals surface area contributed by atoms with Gasteiger partial charge in [0.25, 0.3) is 0 Å². The molecular weight excluding hydrogens is 233 g/mol. The standard InChI is InChI=1S/C14H18FNO2/c1-2-13(9-10-17)16-14(18)8-5-11-3-6-12(15)7-4-11/h3-8,13,17H,2,9-10H2,1H3,(H,16,18)/b8-5+. The molecule has 0 radical (unpaired) electrons. The molecule has 1 atom stereocenters. The normalized spacial score (nSPS) is 12.6. The maximum Gasteiger partial charge on any atom is 0.244 e. The van der Waals surface area contributed by atoms with Gasteiger partial charge < -0.3 is 10.4 Å². The van der Waals surface area contributed by atoms with Gasteiger partial charge >= 0.3 is 0 Å². The van der Waals surface area contributed by atoms with Gasteiger partial charge in [0.15, 0.2) is 0 Å². The summed E-state index contributed by atoms with van der Waals surface area (Å²) in [4.78, 5) is 11.6. The fraction of sp³-hybridized carbons (Fsp3) is 0.357. The minimum atomic E-state index is -0.300. The molecule has 2 N–H and O–H groups in total. The lowest BCUT2D eigenvalue weighted by Crippen LogP contribution is -2.33. The molecule has 0 saturated carbocycles. The third-order valence-corrected chi connectivity index (χ3v) is 2.61. The minimum Gasteiger partial charge on any atom is -0.396 e. The highest BCUT2D eigenvalue weighted by Gasteiger charge is 2.06. The van der Waals surface area contributed by atoms with E-state index >= 15 is 0 Å². The Morgan fingerprint density at radius 3 is 2.67 bits per heavy atom. The van der Waals surface area contributed by atoms with Crippen LogP contribution in [-0.2, 0) is 4.79 Å². The van der Waals surface area contributed by atoms with Gasteiger partial charge in [-0.15, -0.1) is 0 Å². The van der Waals surface area contributed by atoms with E-state index in [1.165, 1.54) is 18.2 Å². The van der Waals surface area contributed by atoms with Crippen LogP contribution < -0.4 is 5.32 Å². The monoisotopic (exact) mass is 251 g/mol. The summed E-state index contributed by atoms with van der Waals surface area (Å²) in [6.45, 7) is 2.00. The summed E-state index contributed by atoms with van der Waals surface area (Å²) < 4.78 is 12.7. The molecule has 1 aromatic rings. The molecule has 0 saturated heterocycles. The second-order valence-corrected chi connectivity index (χ2v) is 4.01. The molecular formula is C14H18FNO2. The van der Waals surface area contributed by atoms with Crippen LogP contribution in [-0.4, -0.2) is 23.7 Å². The van der Waals surface area contributed by atoms with Gasteiger partial charge in [-0.2, -0.15) is 0 Å². The predicted octanol–water partition coefficient (Wildman–Crippen LogP) is 2.12. The van der Waals surface area contributed by atoms with Crippen molar-refractivity contribution in [3.63, 3.8) is 0 Å². The van der Waals surface area contributed by atoms with Crippen molar-refractivity contribution in [1.82, 2.24) is 5.32 Å². The Balaban J connectivity index is 2.50. The molecule has 98 valence electrons. The summed E-state index contributed by atoms with van der Waals surface area (Å²) in [6.07, 6.45) is 4.36. The van der Waals surface area contributed by atoms with Gasteiger partial charge in [0, 0.05) is 18.7 Å². The SMILES string of the molecule is CCC(CCO)NC(=O)/C=C/c1ccc(F)cc1. The minimum absolute atomic E-state index is 0.0135. The van der Waals surface area contributed by atoms with E-state index in [9.17, 15) is 9.18 Å². The zero-order valence-electron chi connectivity index (χ0n) is 10.4. The molecule has 0 aliphatic carbocycles. The lowest BCUT2D eigenvalue weighted by Gasteiger charge is -2.13. The predicted molar refractivity (Wildman–Crippen MR) is 69.4 cm³/mol. The zero-order chi connectivity index (χ0) is 13.4. The van der Waals surface area contributed by atoms with Crippen molar-refractivity contribution in [3.05, 3.63) is 41.7 Å². The average molecular weight is 251 g/mol. The maximum absolute atomic E-state index is 12.7. The van der Waals surface area contributed by atoms with Crippen LogP contribution in [0.1, 0.15) is 25.3 Å². The summed E-state index contributed by atoms with van der Waals surface area (Å²) in [5.41, 5.74) is 0.766. The molecule has 3 nitrogen and oxygen atoms in total. The molecule has 1 aromatic carbocycles. The van der Waals surface area contributed by atoms with Gasteiger partial charge in [-0.05, 0) is 36.6 Å². The number of nitrogens with one attached hydrogen (secondary N) is 1. The Morgan fingerprint density at radius 2 is 2.11 bits per heavy atom. The number of amides is 1. The van der Waals surface area contributed by atoms with E-state index in [4.69, 9.17) is 5.11 Å². The number of rotatable bonds is 6. The van der Waals surface area contributed by atoms with Gasteiger partial charge in [-0.3, -0.25) is 4.79 Å². The number of aliphatic hydroxyl groups excluding tert-OH is 1. The lowest BCUT2D eigenvalue weighted by molar-refractivity contribution is -0.117. The highest BCUT2D eigenvalue weighted by Crippen LogP contribution is 2.04. The highest BCUT2D eigenvalue weighted by atomic mass is 19.1. The molecule has 18 heavy (non-hydrogen) atoms. The summed E-state index contributed by atoms with van der Waals surface area (Å²) in [6, 6.07) is 5.88. The molecule has 4 heteroatoms. The Labute approximate surface area is 106 Å². The fourth-order valence-electron chi connectivity index (χ4n) is 1.53. The molecule has 0 aliphatic rings. The number of hydrogen-bond donors (Lipinski definition) is 2. The van der Waals surface area contributed by atoms with Crippen molar-refractivity contribution in [2.75, 3.05) is 6.61 Å². The quantitative estimate of drug-likeness (QED) is 0.761. The van der Waals surface area contributed by atoms with Crippen molar-refractivity contribution >= 4 is 12.0 Å². The van der Waals surface area contributed by atoms with Crippen molar-refractivity contribution in [2.24, 2.45) is 0 Å². The van der Waals surface area contributed by atoms with E-state index in [0.29, 0.717) is 6.42 Å². The fourth-order valence-corrected chi connectivity index (χ4v) is 1.53. The zero-order valence-corrected chi connectivity index (χ0v) is 10.4. The molecule has 1 amide bonds. The molecule has 0 spiro atoms. The largest absolute Gasteiger partial charge is 0.396 e. The van der Waals surface area contributed by atoms with Gasteiger partial charge in [0.2, 0.25) is 5.91 Å². The highest BCUT2D eigenvalue weighted by molar-refractivity contribution is 5.91. The third kappa shape index (κ3) is 5.10. The summed E-state index contributed by atoms with van der Waals surface area (Å²) >= 11 is 0. The Bertz CT molecular complexity index is 401. The first-order valence-electron chi connectivity index (χ1n) is 6.00. The summed E-state index contributed by atoms with van der Waals surface area (Å²) in [5, 5.41) is 11.6. The molecule has 1 unspecified atom stereocenters. The van der Waals surface area contributed by atoms with E-state index in [0.717, 1.165) is 12.0 Å². The number of hydrogen-bond acceptors (Lipinski definition) is 2. The lowest BCUT2D eigenvalue weighted by atomic mass is 10.1. The van der Waals surface area contributed by atoms with E-state index in [1.54, 1.807) is 18.2 Å². The Morgan fingerprint density at radius 1 is 1.44 bits per heavy atom. The van der Waals surface area contributed by atoms with E-state index in [-0.39, 0.29) is 24.4 Å². The van der Waals surface area contributed by atoms with Crippen LogP contribution in [0.4, 0.5) is 4.39 Å². The second kappa shape index (κ2) is 7.61. The van der Waals surface area contributed by atoms with Gasteiger partial charge in [-0.25, -0.2) is 4.39 Å². The first kappa shape index (κ1) is 14.4. The van der Waals surface area contributed by atoms with E-state index in [2.05, 4.69) is 5.32 Å². The van der Waals surface area contributed by atoms with Crippen LogP contribution in [0.15, 0.2) is 30.3 Å². The van der Waals surface area contributed by atoms with E-state index < -0.39 is 0 Å². The van der Waals surface area contributed by atoms with Crippen molar-refractivity contribution in [3.8, 4) is 0 Å².